The third kappa shape index (κ3) is 2.15. The van der Waals surface area contributed by atoms with E-state index in [9.17, 15) is 10.2 Å². The second-order valence-corrected chi connectivity index (χ2v) is 5.71. The summed E-state index contributed by atoms with van der Waals surface area (Å²) in [7, 11) is 0.135. The Bertz CT molecular complexity index is 170. The van der Waals surface area contributed by atoms with Gasteiger partial charge in [0.15, 0.2) is 4.24 Å². The summed E-state index contributed by atoms with van der Waals surface area (Å²) in [4.78, 5) is 0. The van der Waals surface area contributed by atoms with E-state index < -0.39 is 12.2 Å². The molecule has 0 aromatic carbocycles. The average molecular weight is 193 g/mol. The fraction of sp³-hybridized carbons (Fsp3) is 0.714. The van der Waals surface area contributed by atoms with Gasteiger partial charge in [0, 0.05) is 17.0 Å². The number of hydrogen-bond donors (Lipinski definition) is 2. The predicted molar refractivity (Wildman–Crippen MR) is 51.8 cm³/mol. The molecule has 2 N–H and O–H groups in total. The molecule has 0 bridgehead atoms. The highest BCUT2D eigenvalue weighted by molar-refractivity contribution is 8.20. The Balaban J connectivity index is 2.70. The Hall–Kier alpha value is 0.360. The van der Waals surface area contributed by atoms with Crippen LogP contribution in [-0.4, -0.2) is 40.7 Å². The van der Waals surface area contributed by atoms with Gasteiger partial charge in [0.25, 0.3) is 0 Å². The van der Waals surface area contributed by atoms with Gasteiger partial charge in [-0.15, -0.1) is 0 Å². The van der Waals surface area contributed by atoms with Gasteiger partial charge in [-0.05, 0) is 6.26 Å². The summed E-state index contributed by atoms with van der Waals surface area (Å²) in [5.74, 6) is 0.702. The van der Waals surface area contributed by atoms with Crippen molar-refractivity contribution in [3.05, 3.63) is 10.3 Å². The van der Waals surface area contributed by atoms with Gasteiger partial charge in [-0.3, -0.25) is 0 Å². The van der Waals surface area contributed by atoms with Crippen molar-refractivity contribution in [1.82, 2.24) is 0 Å². The van der Waals surface area contributed by atoms with Crippen molar-refractivity contribution < 1.29 is 10.2 Å². The van der Waals surface area contributed by atoms with Crippen LogP contribution in [0.1, 0.15) is 0 Å². The van der Waals surface area contributed by atoms with Crippen molar-refractivity contribution >= 4 is 22.7 Å². The molecule has 1 heterocycles. The number of rotatable bonds is 1. The van der Waals surface area contributed by atoms with Crippen LogP contribution in [0.4, 0.5) is 0 Å². The van der Waals surface area contributed by atoms with Crippen LogP contribution < -0.4 is 0 Å². The molecule has 0 spiro atoms. The van der Waals surface area contributed by atoms with Crippen LogP contribution in [0.5, 0.6) is 0 Å². The van der Waals surface area contributed by atoms with Gasteiger partial charge in [0.1, 0.15) is 24.2 Å². The van der Waals surface area contributed by atoms with Gasteiger partial charge in [0.05, 0.1) is 0 Å². The summed E-state index contributed by atoms with van der Waals surface area (Å²) in [6.07, 6.45) is 4.65. The Morgan fingerprint density at radius 3 is 2.82 bits per heavy atom. The van der Waals surface area contributed by atoms with E-state index in [2.05, 4.69) is 6.26 Å². The number of hydrogen-bond acceptors (Lipinski definition) is 3. The lowest BCUT2D eigenvalue weighted by Crippen LogP contribution is -2.35. The Morgan fingerprint density at radius 2 is 2.27 bits per heavy atom. The molecule has 0 fully saturated rings. The average Bonchev–Trinajstić information content (AvgIpc) is 1.97. The zero-order chi connectivity index (χ0) is 8.43. The van der Waals surface area contributed by atoms with Gasteiger partial charge < -0.3 is 10.2 Å². The van der Waals surface area contributed by atoms with Gasteiger partial charge >= 0.3 is 0 Å². The fourth-order valence-electron chi connectivity index (χ4n) is 1.01. The number of thioether (sulfide) groups is 1. The zero-order valence-corrected chi connectivity index (χ0v) is 8.28. The largest absolute Gasteiger partial charge is 0.386 e. The quantitative estimate of drug-likeness (QED) is 0.583. The highest BCUT2D eigenvalue weighted by Crippen LogP contribution is 2.26. The Kier molecular flexibility index (Phi) is 3.30. The van der Waals surface area contributed by atoms with Gasteiger partial charge in [0.2, 0.25) is 0 Å². The van der Waals surface area contributed by atoms with Crippen LogP contribution in [0.3, 0.4) is 0 Å². The van der Waals surface area contributed by atoms with Crippen LogP contribution >= 0.6 is 11.8 Å². The maximum absolute atomic E-state index is 9.26. The SMILES string of the molecule is CSC1=C[C@@H](O)[C@@H](O)C[S+]1C. The van der Waals surface area contributed by atoms with Crippen LogP contribution in [0.25, 0.3) is 0 Å². The smallest absolute Gasteiger partial charge is 0.186 e. The van der Waals surface area contributed by atoms with E-state index in [1.54, 1.807) is 17.8 Å². The summed E-state index contributed by atoms with van der Waals surface area (Å²) in [6, 6.07) is 0. The molecule has 0 saturated heterocycles. The first kappa shape index (κ1) is 9.45. The maximum atomic E-state index is 9.26. The summed E-state index contributed by atoms with van der Waals surface area (Å²) in [6.45, 7) is 0. The molecule has 0 aliphatic carbocycles. The monoisotopic (exact) mass is 193 g/mol. The lowest BCUT2D eigenvalue weighted by Gasteiger charge is -2.19. The second kappa shape index (κ2) is 3.85. The first-order valence-corrected chi connectivity index (χ1v) is 6.42. The van der Waals surface area contributed by atoms with Crippen molar-refractivity contribution in [2.24, 2.45) is 0 Å². The molecule has 3 atom stereocenters. The molecule has 0 amide bonds. The molecule has 0 aromatic heterocycles. The standard InChI is InChI=1S/C7H13O2S2/c1-10-7-3-5(8)6(9)4-11(7)2/h3,5-6,8-9H,4H2,1-2H3/q+1/t5-,6+,11?/m1/s1. The molecular formula is C7H13O2S2+. The highest BCUT2D eigenvalue weighted by atomic mass is 32.2. The van der Waals surface area contributed by atoms with E-state index in [0.29, 0.717) is 5.75 Å². The predicted octanol–water partition coefficient (Wildman–Crippen LogP) is 0.174. The van der Waals surface area contributed by atoms with Crippen LogP contribution in [-0.2, 0) is 10.9 Å². The van der Waals surface area contributed by atoms with Gasteiger partial charge in [-0.1, -0.05) is 11.8 Å². The summed E-state index contributed by atoms with van der Waals surface area (Å²) in [5.41, 5.74) is 0. The number of aliphatic hydroxyl groups is 2. The third-order valence-corrected chi connectivity index (χ3v) is 5.22. The minimum absolute atomic E-state index is 0.135. The van der Waals surface area contributed by atoms with Crippen molar-refractivity contribution in [2.75, 3.05) is 18.3 Å². The topological polar surface area (TPSA) is 40.5 Å². The van der Waals surface area contributed by atoms with E-state index in [1.165, 1.54) is 4.24 Å². The van der Waals surface area contributed by atoms with Gasteiger partial charge in [-0.25, -0.2) is 0 Å². The first-order valence-electron chi connectivity index (χ1n) is 3.39. The molecule has 0 aromatic rings. The zero-order valence-electron chi connectivity index (χ0n) is 6.65. The molecule has 64 valence electrons. The van der Waals surface area contributed by atoms with E-state index in [0.717, 1.165) is 0 Å². The lowest BCUT2D eigenvalue weighted by atomic mass is 10.2. The molecule has 1 aliphatic heterocycles. The number of aliphatic hydroxyl groups excluding tert-OH is 2. The van der Waals surface area contributed by atoms with Crippen LogP contribution in [0.15, 0.2) is 10.3 Å². The van der Waals surface area contributed by atoms with E-state index in [1.807, 2.05) is 6.26 Å². The van der Waals surface area contributed by atoms with Crippen molar-refractivity contribution in [1.29, 1.82) is 0 Å². The van der Waals surface area contributed by atoms with E-state index >= 15 is 0 Å². The minimum Gasteiger partial charge on any atom is -0.386 e. The van der Waals surface area contributed by atoms with Crippen molar-refractivity contribution in [2.45, 2.75) is 12.2 Å². The van der Waals surface area contributed by atoms with Crippen LogP contribution in [0.2, 0.25) is 0 Å². The van der Waals surface area contributed by atoms with E-state index in [-0.39, 0.29) is 10.9 Å². The molecule has 1 aliphatic rings. The fourth-order valence-corrected chi connectivity index (χ4v) is 3.88. The molecule has 4 heteroatoms. The highest BCUT2D eigenvalue weighted by Gasteiger charge is 2.32. The molecular weight excluding hydrogens is 180 g/mol. The summed E-state index contributed by atoms with van der Waals surface area (Å²) >= 11 is 1.66. The lowest BCUT2D eigenvalue weighted by molar-refractivity contribution is 0.0635. The summed E-state index contributed by atoms with van der Waals surface area (Å²) in [5, 5.41) is 18.5. The molecule has 11 heavy (non-hydrogen) atoms. The van der Waals surface area contributed by atoms with E-state index in [4.69, 9.17) is 0 Å². The first-order chi connectivity index (χ1) is 5.15. The minimum atomic E-state index is -0.652. The Morgan fingerprint density at radius 1 is 1.64 bits per heavy atom. The second-order valence-electron chi connectivity index (χ2n) is 2.55. The van der Waals surface area contributed by atoms with Crippen LogP contribution in [0, 0.1) is 0 Å². The Labute approximate surface area is 74.0 Å². The third-order valence-electron chi connectivity index (χ3n) is 1.67. The normalized spacial score (nSPS) is 38.5. The molecule has 1 rings (SSSR count). The molecule has 0 radical (unpaired) electrons. The maximum Gasteiger partial charge on any atom is 0.186 e. The van der Waals surface area contributed by atoms with Crippen molar-refractivity contribution in [3.63, 3.8) is 0 Å². The van der Waals surface area contributed by atoms with Gasteiger partial charge in [-0.2, -0.15) is 0 Å². The summed E-state index contributed by atoms with van der Waals surface area (Å²) < 4.78 is 1.21. The molecule has 2 nitrogen and oxygen atoms in total. The van der Waals surface area contributed by atoms with Crippen molar-refractivity contribution in [3.8, 4) is 0 Å². The molecule has 1 unspecified atom stereocenters. The molecule has 0 saturated carbocycles.